The second kappa shape index (κ2) is 3.64. The van der Waals surface area contributed by atoms with Crippen LogP contribution < -0.4 is 5.73 Å². The zero-order chi connectivity index (χ0) is 10.1. The first kappa shape index (κ1) is 10.5. The van der Waals surface area contributed by atoms with Crippen LogP contribution in [0.15, 0.2) is 0 Å². The Kier molecular flexibility index (Phi) is 2.93. The molecule has 4 nitrogen and oxygen atoms in total. The molecule has 0 radical (unpaired) electrons. The Morgan fingerprint density at radius 1 is 1.62 bits per heavy atom. The van der Waals surface area contributed by atoms with Crippen LogP contribution in [-0.4, -0.2) is 42.6 Å². The van der Waals surface area contributed by atoms with Crippen LogP contribution in [0.1, 0.15) is 20.3 Å². The van der Waals surface area contributed by atoms with Crippen molar-refractivity contribution < 1.29 is 9.53 Å². The van der Waals surface area contributed by atoms with Crippen LogP contribution in [-0.2, 0) is 9.53 Å². The highest BCUT2D eigenvalue weighted by molar-refractivity contribution is 5.81. The van der Waals surface area contributed by atoms with Gasteiger partial charge in [-0.2, -0.15) is 0 Å². The molecule has 1 heterocycles. The van der Waals surface area contributed by atoms with Crippen molar-refractivity contribution in [2.45, 2.75) is 31.8 Å². The first-order valence-corrected chi connectivity index (χ1v) is 4.61. The van der Waals surface area contributed by atoms with E-state index in [4.69, 9.17) is 5.73 Å². The van der Waals surface area contributed by atoms with Gasteiger partial charge in [0.1, 0.15) is 5.54 Å². The van der Waals surface area contributed by atoms with E-state index in [1.54, 1.807) is 0 Å². The number of esters is 1. The quantitative estimate of drug-likeness (QED) is 0.615. The third kappa shape index (κ3) is 2.00. The van der Waals surface area contributed by atoms with Gasteiger partial charge in [0, 0.05) is 19.1 Å². The van der Waals surface area contributed by atoms with E-state index in [1.807, 2.05) is 0 Å². The number of carbonyl (C=O) groups is 1. The lowest BCUT2D eigenvalue weighted by Crippen LogP contribution is -2.51. The number of nitrogens with zero attached hydrogens (tertiary/aromatic N) is 1. The first-order chi connectivity index (χ1) is 5.99. The zero-order valence-electron chi connectivity index (χ0n) is 8.54. The van der Waals surface area contributed by atoms with Crippen LogP contribution in [0.3, 0.4) is 0 Å². The lowest BCUT2D eigenvalue weighted by molar-refractivity contribution is -0.146. The van der Waals surface area contributed by atoms with Gasteiger partial charge in [-0.15, -0.1) is 0 Å². The van der Waals surface area contributed by atoms with Gasteiger partial charge in [-0.1, -0.05) is 0 Å². The molecule has 76 valence electrons. The van der Waals surface area contributed by atoms with Gasteiger partial charge in [0.05, 0.1) is 7.11 Å². The van der Waals surface area contributed by atoms with Crippen molar-refractivity contribution in [3.63, 3.8) is 0 Å². The van der Waals surface area contributed by atoms with E-state index in [9.17, 15) is 4.79 Å². The number of nitrogens with two attached hydrogens (primary N) is 1. The topological polar surface area (TPSA) is 55.6 Å². The highest BCUT2D eigenvalue weighted by atomic mass is 16.5. The minimum absolute atomic E-state index is 0.296. The van der Waals surface area contributed by atoms with Crippen LogP contribution >= 0.6 is 0 Å². The van der Waals surface area contributed by atoms with Crippen molar-refractivity contribution in [1.82, 2.24) is 4.90 Å². The average Bonchev–Trinajstić information content (AvgIpc) is 2.48. The molecule has 0 bridgehead atoms. The van der Waals surface area contributed by atoms with E-state index < -0.39 is 5.54 Å². The molecule has 1 rings (SSSR count). The Bertz CT molecular complexity index is 206. The number of likely N-dealkylation sites (tertiary alicyclic amines) is 1. The Hall–Kier alpha value is -0.610. The van der Waals surface area contributed by atoms with E-state index in [0.717, 1.165) is 6.54 Å². The van der Waals surface area contributed by atoms with Crippen LogP contribution in [0.2, 0.25) is 0 Å². The third-order valence-corrected chi connectivity index (χ3v) is 2.65. The molecule has 0 aromatic heterocycles. The lowest BCUT2D eigenvalue weighted by Gasteiger charge is -2.23. The molecule has 4 heteroatoms. The summed E-state index contributed by atoms with van der Waals surface area (Å²) in [5.74, 6) is -0.296. The molecule has 2 N–H and O–H groups in total. The molecule has 0 aromatic carbocycles. The summed E-state index contributed by atoms with van der Waals surface area (Å²) in [6, 6.07) is 0.440. The largest absolute Gasteiger partial charge is 0.468 e. The van der Waals surface area contributed by atoms with Crippen molar-refractivity contribution in [1.29, 1.82) is 0 Å². The van der Waals surface area contributed by atoms with E-state index in [-0.39, 0.29) is 5.97 Å². The summed E-state index contributed by atoms with van der Waals surface area (Å²) in [5, 5.41) is 0. The zero-order valence-corrected chi connectivity index (χ0v) is 8.54. The molecule has 1 aliphatic rings. The van der Waals surface area contributed by atoms with Gasteiger partial charge in [0.25, 0.3) is 0 Å². The van der Waals surface area contributed by atoms with E-state index >= 15 is 0 Å². The molecule has 1 aliphatic heterocycles. The number of hydrogen-bond acceptors (Lipinski definition) is 4. The summed E-state index contributed by atoms with van der Waals surface area (Å²) in [6.45, 7) is 5.69. The van der Waals surface area contributed by atoms with Crippen molar-refractivity contribution >= 4 is 5.97 Å². The highest BCUT2D eigenvalue weighted by Crippen LogP contribution is 2.21. The average molecular weight is 186 g/mol. The number of methoxy groups -OCH3 is 1. The molecule has 0 aliphatic carbocycles. The summed E-state index contributed by atoms with van der Waals surface area (Å²) in [5.41, 5.74) is 5.15. The Morgan fingerprint density at radius 3 is 2.62 bits per heavy atom. The number of rotatable bonds is 2. The highest BCUT2D eigenvalue weighted by Gasteiger charge is 2.42. The molecule has 0 amide bonds. The number of carbonyl (C=O) groups excluding carboxylic acids is 1. The summed E-state index contributed by atoms with van der Waals surface area (Å²) in [6.07, 6.45) is 0.692. The van der Waals surface area contributed by atoms with Gasteiger partial charge in [-0.3, -0.25) is 9.69 Å². The summed E-state index contributed by atoms with van der Waals surface area (Å²) in [7, 11) is 1.38. The van der Waals surface area contributed by atoms with E-state index in [1.165, 1.54) is 7.11 Å². The van der Waals surface area contributed by atoms with Crippen LogP contribution in [0.4, 0.5) is 0 Å². The molecule has 13 heavy (non-hydrogen) atoms. The fraction of sp³-hybridized carbons (Fsp3) is 0.889. The second-order valence-corrected chi connectivity index (χ2v) is 3.96. The molecule has 1 unspecified atom stereocenters. The summed E-state index contributed by atoms with van der Waals surface area (Å²) >= 11 is 0. The van der Waals surface area contributed by atoms with Gasteiger partial charge >= 0.3 is 5.97 Å². The predicted molar refractivity (Wildman–Crippen MR) is 50.3 cm³/mol. The van der Waals surface area contributed by atoms with Crippen molar-refractivity contribution in [3.05, 3.63) is 0 Å². The van der Waals surface area contributed by atoms with Crippen molar-refractivity contribution in [2.75, 3.05) is 20.2 Å². The fourth-order valence-electron chi connectivity index (χ4n) is 1.67. The smallest absolute Gasteiger partial charge is 0.327 e. The van der Waals surface area contributed by atoms with Gasteiger partial charge in [-0.05, 0) is 20.3 Å². The maximum absolute atomic E-state index is 11.3. The van der Waals surface area contributed by atoms with Crippen LogP contribution in [0.5, 0.6) is 0 Å². The monoisotopic (exact) mass is 186 g/mol. The number of ether oxygens (including phenoxy) is 1. The van der Waals surface area contributed by atoms with Crippen molar-refractivity contribution in [3.8, 4) is 0 Å². The first-order valence-electron chi connectivity index (χ1n) is 4.61. The van der Waals surface area contributed by atoms with Gasteiger partial charge < -0.3 is 10.5 Å². The molecule has 0 spiro atoms. The van der Waals surface area contributed by atoms with Gasteiger partial charge in [0.2, 0.25) is 0 Å². The third-order valence-electron chi connectivity index (χ3n) is 2.65. The van der Waals surface area contributed by atoms with Crippen LogP contribution in [0.25, 0.3) is 0 Å². The van der Waals surface area contributed by atoms with Gasteiger partial charge in [-0.25, -0.2) is 0 Å². The standard InChI is InChI=1S/C9H18N2O2/c1-7(2)11-5-4-9(10,6-11)8(12)13-3/h7H,4-6,10H2,1-3H3. The van der Waals surface area contributed by atoms with Gasteiger partial charge in [0.15, 0.2) is 0 Å². The molecule has 0 saturated carbocycles. The lowest BCUT2D eigenvalue weighted by atomic mass is 10.0. The fourth-order valence-corrected chi connectivity index (χ4v) is 1.67. The SMILES string of the molecule is COC(=O)C1(N)CCN(C(C)C)C1. The van der Waals surface area contributed by atoms with Crippen LogP contribution in [0, 0.1) is 0 Å². The Balaban J connectivity index is 2.61. The molecule has 0 aromatic rings. The van der Waals surface area contributed by atoms with E-state index in [2.05, 4.69) is 23.5 Å². The molecule has 1 atom stereocenters. The maximum Gasteiger partial charge on any atom is 0.327 e. The maximum atomic E-state index is 11.3. The number of hydrogen-bond donors (Lipinski definition) is 1. The minimum Gasteiger partial charge on any atom is -0.468 e. The molecular weight excluding hydrogens is 168 g/mol. The Labute approximate surface area is 79.0 Å². The molecule has 1 fully saturated rings. The summed E-state index contributed by atoms with van der Waals surface area (Å²) < 4.78 is 4.67. The second-order valence-electron chi connectivity index (χ2n) is 3.96. The minimum atomic E-state index is -0.779. The predicted octanol–water partition coefficient (Wildman–Crippen LogP) is -0.0290. The molecule has 1 saturated heterocycles. The van der Waals surface area contributed by atoms with E-state index in [0.29, 0.717) is 19.0 Å². The van der Waals surface area contributed by atoms with Crippen molar-refractivity contribution in [2.24, 2.45) is 5.73 Å². The molecular formula is C9H18N2O2. The summed E-state index contributed by atoms with van der Waals surface area (Å²) in [4.78, 5) is 13.5. The normalized spacial score (nSPS) is 29.6. The Morgan fingerprint density at radius 2 is 2.23 bits per heavy atom.